The van der Waals surface area contributed by atoms with Gasteiger partial charge in [-0.05, 0) is 80.0 Å². The van der Waals surface area contributed by atoms with Gasteiger partial charge in [0.2, 0.25) is 0 Å². The first-order chi connectivity index (χ1) is 13.5. The van der Waals surface area contributed by atoms with Gasteiger partial charge in [-0.3, -0.25) is 4.98 Å². The molecule has 2 aliphatic rings. The normalized spacial score (nSPS) is 28.6. The van der Waals surface area contributed by atoms with Gasteiger partial charge in [0.1, 0.15) is 5.82 Å². The van der Waals surface area contributed by atoms with Crippen molar-refractivity contribution in [2.45, 2.75) is 50.7 Å². The highest BCUT2D eigenvalue weighted by Gasteiger charge is 2.32. The topological polar surface area (TPSA) is 56.6 Å². The van der Waals surface area contributed by atoms with Gasteiger partial charge in [0.15, 0.2) is 0 Å². The molecule has 0 amide bonds. The number of aryl methyl sites for hydroxylation is 2. The van der Waals surface area contributed by atoms with E-state index in [1.165, 1.54) is 6.07 Å². The molecule has 5 heteroatoms. The number of aliphatic hydroxyl groups is 2. The monoisotopic (exact) mass is 384 g/mol. The zero-order valence-electron chi connectivity index (χ0n) is 16.4. The molecule has 1 aromatic heterocycles. The second-order valence-electron chi connectivity index (χ2n) is 8.43. The summed E-state index contributed by atoms with van der Waals surface area (Å²) in [7, 11) is 0. The Morgan fingerprint density at radius 1 is 1.21 bits per heavy atom. The number of halogens is 1. The highest BCUT2D eigenvalue weighted by atomic mass is 19.1. The van der Waals surface area contributed by atoms with E-state index >= 15 is 0 Å². The predicted octanol–water partition coefficient (Wildman–Crippen LogP) is 3.37. The number of hydrogen-bond donors (Lipinski definition) is 2. The Morgan fingerprint density at radius 2 is 2.07 bits per heavy atom. The second-order valence-corrected chi connectivity index (χ2v) is 8.43. The maximum atomic E-state index is 13.4. The average Bonchev–Trinajstić information content (AvgIpc) is 2.82. The van der Waals surface area contributed by atoms with E-state index < -0.39 is 12.2 Å². The van der Waals surface area contributed by atoms with Crippen LogP contribution in [0.2, 0.25) is 0 Å². The van der Waals surface area contributed by atoms with Crippen molar-refractivity contribution in [3.05, 3.63) is 64.7 Å². The van der Waals surface area contributed by atoms with Crippen LogP contribution in [0.3, 0.4) is 0 Å². The lowest BCUT2D eigenvalue weighted by molar-refractivity contribution is 0.0371. The Balaban J connectivity index is 1.37. The molecule has 28 heavy (non-hydrogen) atoms. The molecule has 0 radical (unpaired) electrons. The summed E-state index contributed by atoms with van der Waals surface area (Å²) in [4.78, 5) is 6.70. The molecular formula is C23H29FN2O2. The van der Waals surface area contributed by atoms with Crippen LogP contribution < -0.4 is 0 Å². The number of pyridine rings is 1. The number of β-amino-alcohol motifs (C(OH)–C–C–N with tert-alkyl or cyclic N) is 1. The molecular weight excluding hydrogens is 355 g/mol. The smallest absolute Gasteiger partial charge is 0.123 e. The standard InChI is InChI=1S/C23H29FN2O2/c1-15-11-18(24)6-7-19(15)20-8-10-26(14-22(20)28)13-16-4-5-17-3-2-9-25-23(17)21(27)12-16/h2-3,6-7,9,11,16,20-22,27-28H,4-5,8,10,12-14H2,1H3/t16-,20?,21+,22?/m1/s1. The number of nitrogens with zero attached hydrogens (tertiary/aromatic N) is 2. The van der Waals surface area contributed by atoms with E-state index in [9.17, 15) is 14.6 Å². The Bertz CT molecular complexity index is 828. The summed E-state index contributed by atoms with van der Waals surface area (Å²) in [5, 5.41) is 21.3. The van der Waals surface area contributed by atoms with Crippen molar-refractivity contribution in [3.8, 4) is 0 Å². The quantitative estimate of drug-likeness (QED) is 0.797. The predicted molar refractivity (Wildman–Crippen MR) is 107 cm³/mol. The van der Waals surface area contributed by atoms with E-state index in [-0.39, 0.29) is 11.7 Å². The van der Waals surface area contributed by atoms with Gasteiger partial charge in [-0.15, -0.1) is 0 Å². The van der Waals surface area contributed by atoms with Crippen LogP contribution in [0.4, 0.5) is 4.39 Å². The number of rotatable bonds is 3. The van der Waals surface area contributed by atoms with Crippen molar-refractivity contribution < 1.29 is 14.6 Å². The zero-order valence-corrected chi connectivity index (χ0v) is 16.4. The molecule has 150 valence electrons. The molecule has 1 aliphatic heterocycles. The van der Waals surface area contributed by atoms with Crippen molar-refractivity contribution >= 4 is 0 Å². The zero-order chi connectivity index (χ0) is 19.7. The number of likely N-dealkylation sites (tertiary alicyclic amines) is 1. The van der Waals surface area contributed by atoms with E-state index in [2.05, 4.69) is 16.0 Å². The molecule has 0 bridgehead atoms. The Kier molecular flexibility index (Phi) is 5.76. The number of benzene rings is 1. The minimum absolute atomic E-state index is 0.0602. The Hall–Kier alpha value is -1.82. The van der Waals surface area contributed by atoms with Crippen LogP contribution in [-0.4, -0.2) is 45.8 Å². The van der Waals surface area contributed by atoms with Crippen LogP contribution >= 0.6 is 0 Å². The maximum Gasteiger partial charge on any atom is 0.123 e. The fourth-order valence-electron chi connectivity index (χ4n) is 4.98. The summed E-state index contributed by atoms with van der Waals surface area (Å²) in [6, 6.07) is 8.85. The Labute approximate surface area is 166 Å². The molecule has 1 aromatic carbocycles. The molecule has 1 fully saturated rings. The lowest BCUT2D eigenvalue weighted by atomic mass is 9.84. The summed E-state index contributed by atoms with van der Waals surface area (Å²) in [6.45, 7) is 4.34. The molecule has 1 aliphatic carbocycles. The lowest BCUT2D eigenvalue weighted by Gasteiger charge is -2.38. The van der Waals surface area contributed by atoms with E-state index in [0.717, 1.165) is 61.2 Å². The summed E-state index contributed by atoms with van der Waals surface area (Å²) >= 11 is 0. The average molecular weight is 384 g/mol. The third kappa shape index (κ3) is 4.12. The van der Waals surface area contributed by atoms with Gasteiger partial charge in [0, 0.05) is 25.2 Å². The van der Waals surface area contributed by atoms with Gasteiger partial charge >= 0.3 is 0 Å². The molecule has 2 aromatic rings. The molecule has 2 heterocycles. The third-order valence-electron chi connectivity index (χ3n) is 6.43. The number of piperidine rings is 1. The van der Waals surface area contributed by atoms with Crippen LogP contribution in [0.1, 0.15) is 53.7 Å². The highest BCUT2D eigenvalue weighted by molar-refractivity contribution is 5.31. The van der Waals surface area contributed by atoms with Crippen molar-refractivity contribution in [2.75, 3.05) is 19.6 Å². The maximum absolute atomic E-state index is 13.4. The fourth-order valence-corrected chi connectivity index (χ4v) is 4.98. The number of hydrogen-bond acceptors (Lipinski definition) is 4. The summed E-state index contributed by atoms with van der Waals surface area (Å²) < 4.78 is 13.4. The summed E-state index contributed by atoms with van der Waals surface area (Å²) in [6.07, 6.45) is 4.35. The van der Waals surface area contributed by atoms with Crippen molar-refractivity contribution in [2.24, 2.45) is 5.92 Å². The first-order valence-corrected chi connectivity index (χ1v) is 10.3. The van der Waals surface area contributed by atoms with Gasteiger partial charge in [-0.2, -0.15) is 0 Å². The van der Waals surface area contributed by atoms with Gasteiger partial charge < -0.3 is 15.1 Å². The first-order valence-electron chi connectivity index (χ1n) is 10.3. The van der Waals surface area contributed by atoms with Crippen LogP contribution in [0.5, 0.6) is 0 Å². The lowest BCUT2D eigenvalue weighted by Crippen LogP contribution is -2.44. The second kappa shape index (κ2) is 8.27. The van der Waals surface area contributed by atoms with Gasteiger partial charge in [0.05, 0.1) is 17.9 Å². The molecule has 4 nitrogen and oxygen atoms in total. The van der Waals surface area contributed by atoms with Gasteiger partial charge in [-0.1, -0.05) is 12.1 Å². The minimum Gasteiger partial charge on any atom is -0.391 e. The molecule has 4 atom stereocenters. The van der Waals surface area contributed by atoms with Crippen molar-refractivity contribution in [1.29, 1.82) is 0 Å². The van der Waals surface area contributed by atoms with Crippen LogP contribution in [0.15, 0.2) is 36.5 Å². The first kappa shape index (κ1) is 19.5. The van der Waals surface area contributed by atoms with E-state index in [1.54, 1.807) is 12.3 Å². The SMILES string of the molecule is Cc1cc(F)ccc1C1CCN(C[C@@H]2CCc3cccnc3[C@@H](O)C2)CC1O. The largest absolute Gasteiger partial charge is 0.391 e. The van der Waals surface area contributed by atoms with E-state index in [1.807, 2.05) is 19.1 Å². The van der Waals surface area contributed by atoms with Crippen LogP contribution in [0, 0.1) is 18.7 Å². The van der Waals surface area contributed by atoms with E-state index in [0.29, 0.717) is 12.5 Å². The molecule has 0 spiro atoms. The molecule has 0 saturated carbocycles. The summed E-state index contributed by atoms with van der Waals surface area (Å²) in [5.74, 6) is 0.223. The van der Waals surface area contributed by atoms with Crippen molar-refractivity contribution in [3.63, 3.8) is 0 Å². The van der Waals surface area contributed by atoms with Crippen molar-refractivity contribution in [1.82, 2.24) is 9.88 Å². The van der Waals surface area contributed by atoms with E-state index in [4.69, 9.17) is 0 Å². The Morgan fingerprint density at radius 3 is 2.86 bits per heavy atom. The van der Waals surface area contributed by atoms with Crippen LogP contribution in [0.25, 0.3) is 0 Å². The fraction of sp³-hybridized carbons (Fsp3) is 0.522. The molecule has 1 saturated heterocycles. The minimum atomic E-state index is -0.506. The number of aliphatic hydroxyl groups excluding tert-OH is 2. The summed E-state index contributed by atoms with van der Waals surface area (Å²) in [5.41, 5.74) is 3.95. The van der Waals surface area contributed by atoms with Gasteiger partial charge in [-0.25, -0.2) is 4.39 Å². The molecule has 4 rings (SSSR count). The van der Waals surface area contributed by atoms with Gasteiger partial charge in [0.25, 0.3) is 0 Å². The van der Waals surface area contributed by atoms with Crippen LogP contribution in [-0.2, 0) is 6.42 Å². The third-order valence-corrected chi connectivity index (χ3v) is 6.43. The number of fused-ring (bicyclic) bond motifs is 1. The highest BCUT2D eigenvalue weighted by Crippen LogP contribution is 2.34. The molecule has 2 unspecified atom stereocenters. The number of aromatic nitrogens is 1. The molecule has 2 N–H and O–H groups in total.